The fourth-order valence-corrected chi connectivity index (χ4v) is 4.15. The summed E-state index contributed by atoms with van der Waals surface area (Å²) in [6, 6.07) is 9.55. The summed E-state index contributed by atoms with van der Waals surface area (Å²) in [5, 5.41) is 3.60. The van der Waals surface area contributed by atoms with E-state index in [2.05, 4.69) is 43.6 Å². The van der Waals surface area contributed by atoms with Crippen LogP contribution >= 0.6 is 0 Å². The average molecular weight is 243 g/mol. The number of nitrogens with one attached hydrogen (secondary N) is 1. The second kappa shape index (κ2) is 5.05. The highest BCUT2D eigenvalue weighted by atomic mass is 14.9. The molecule has 0 aromatic heterocycles. The Morgan fingerprint density at radius 3 is 2.44 bits per heavy atom. The van der Waals surface area contributed by atoms with E-state index >= 15 is 0 Å². The van der Waals surface area contributed by atoms with Gasteiger partial charge in [0.1, 0.15) is 0 Å². The van der Waals surface area contributed by atoms with Gasteiger partial charge >= 0.3 is 0 Å². The van der Waals surface area contributed by atoms with E-state index in [0.29, 0.717) is 6.04 Å². The summed E-state index contributed by atoms with van der Waals surface area (Å²) in [6.45, 7) is 2.24. The lowest BCUT2D eigenvalue weighted by Gasteiger charge is -2.18. The van der Waals surface area contributed by atoms with Gasteiger partial charge in [-0.3, -0.25) is 0 Å². The second-order valence-electron chi connectivity index (χ2n) is 6.22. The molecule has 2 aliphatic rings. The number of fused-ring (bicyclic) bond motifs is 1. The van der Waals surface area contributed by atoms with E-state index in [1.165, 1.54) is 43.2 Å². The highest BCUT2D eigenvalue weighted by Crippen LogP contribution is 2.57. The predicted molar refractivity (Wildman–Crippen MR) is 76.7 cm³/mol. The van der Waals surface area contributed by atoms with Gasteiger partial charge in [0.15, 0.2) is 0 Å². The summed E-state index contributed by atoms with van der Waals surface area (Å²) in [4.78, 5) is 0. The van der Waals surface area contributed by atoms with Crippen LogP contribution in [0.25, 0.3) is 0 Å². The van der Waals surface area contributed by atoms with Crippen molar-refractivity contribution in [2.24, 2.45) is 17.8 Å². The molecule has 1 aromatic carbocycles. The zero-order chi connectivity index (χ0) is 12.5. The normalized spacial score (nSPS) is 31.8. The van der Waals surface area contributed by atoms with Gasteiger partial charge in [-0.25, -0.2) is 0 Å². The maximum Gasteiger partial charge on any atom is 0.0138 e. The van der Waals surface area contributed by atoms with Crippen LogP contribution in [0.2, 0.25) is 0 Å². The van der Waals surface area contributed by atoms with Gasteiger partial charge in [0, 0.05) is 6.04 Å². The zero-order valence-electron chi connectivity index (χ0n) is 11.7. The molecule has 0 saturated heterocycles. The minimum absolute atomic E-state index is 0.694. The Balaban J connectivity index is 1.69. The van der Waals surface area contributed by atoms with Crippen LogP contribution in [-0.4, -0.2) is 13.1 Å². The van der Waals surface area contributed by atoms with Crippen molar-refractivity contribution in [3.05, 3.63) is 35.4 Å². The number of benzene rings is 1. The van der Waals surface area contributed by atoms with Crippen molar-refractivity contribution in [2.45, 2.75) is 45.1 Å². The number of aryl methyl sites for hydroxylation is 1. The maximum absolute atomic E-state index is 3.60. The number of likely N-dealkylation sites (N-methyl/N-ethyl adjacent to an activating group) is 1. The van der Waals surface area contributed by atoms with Crippen molar-refractivity contribution in [3.63, 3.8) is 0 Å². The van der Waals surface area contributed by atoms with Gasteiger partial charge in [0.2, 0.25) is 0 Å². The lowest BCUT2D eigenvalue weighted by molar-refractivity contribution is 0.459. The molecule has 1 nitrogen and oxygen atoms in total. The molecule has 18 heavy (non-hydrogen) atoms. The van der Waals surface area contributed by atoms with Crippen LogP contribution in [-0.2, 0) is 6.42 Å². The first-order chi connectivity index (χ1) is 8.81. The quantitative estimate of drug-likeness (QED) is 0.852. The molecule has 1 N–H and O–H groups in total. The first-order valence-electron chi connectivity index (χ1n) is 7.53. The minimum Gasteiger partial charge on any atom is -0.316 e. The Hall–Kier alpha value is -0.820. The van der Waals surface area contributed by atoms with Crippen molar-refractivity contribution < 1.29 is 0 Å². The van der Waals surface area contributed by atoms with Gasteiger partial charge in [-0.2, -0.15) is 0 Å². The molecule has 0 spiro atoms. The van der Waals surface area contributed by atoms with E-state index in [1.54, 1.807) is 0 Å². The van der Waals surface area contributed by atoms with Crippen LogP contribution in [0, 0.1) is 24.7 Å². The Kier molecular flexibility index (Phi) is 3.43. The van der Waals surface area contributed by atoms with Crippen molar-refractivity contribution in [1.29, 1.82) is 0 Å². The second-order valence-corrected chi connectivity index (χ2v) is 6.22. The average Bonchev–Trinajstić information content (AvgIpc) is 3.12. The van der Waals surface area contributed by atoms with E-state index < -0.39 is 0 Å². The molecule has 0 heterocycles. The summed E-state index contributed by atoms with van der Waals surface area (Å²) in [5.41, 5.74) is 2.97. The largest absolute Gasteiger partial charge is 0.316 e. The molecule has 1 heteroatoms. The molecule has 98 valence electrons. The lowest BCUT2D eigenvalue weighted by Crippen LogP contribution is -2.31. The molecule has 0 radical (unpaired) electrons. The van der Waals surface area contributed by atoms with Crippen molar-refractivity contribution in [2.75, 3.05) is 7.05 Å². The highest BCUT2D eigenvalue weighted by Gasteiger charge is 2.53. The first kappa shape index (κ1) is 12.2. The van der Waals surface area contributed by atoms with Crippen LogP contribution in [0.15, 0.2) is 24.3 Å². The summed E-state index contributed by atoms with van der Waals surface area (Å²) in [6.07, 6.45) is 7.13. The minimum atomic E-state index is 0.694. The number of hydrogen-bond donors (Lipinski definition) is 1. The van der Waals surface area contributed by atoms with E-state index in [1.807, 2.05) is 0 Å². The molecule has 0 aliphatic heterocycles. The lowest BCUT2D eigenvalue weighted by atomic mass is 9.97. The van der Waals surface area contributed by atoms with E-state index in [9.17, 15) is 0 Å². The molecule has 2 saturated carbocycles. The highest BCUT2D eigenvalue weighted by molar-refractivity contribution is 5.27. The summed E-state index contributed by atoms with van der Waals surface area (Å²) in [7, 11) is 2.15. The number of hydrogen-bond acceptors (Lipinski definition) is 1. The third kappa shape index (κ3) is 2.21. The van der Waals surface area contributed by atoms with Crippen molar-refractivity contribution >= 4 is 0 Å². The maximum atomic E-state index is 3.60. The molecular formula is C17H25N. The molecule has 2 aliphatic carbocycles. The molecule has 1 aromatic rings. The Morgan fingerprint density at radius 1 is 1.17 bits per heavy atom. The smallest absolute Gasteiger partial charge is 0.0138 e. The third-order valence-corrected chi connectivity index (χ3v) is 5.26. The summed E-state index contributed by atoms with van der Waals surface area (Å²) in [5.74, 6) is 3.04. The van der Waals surface area contributed by atoms with E-state index in [4.69, 9.17) is 0 Å². The first-order valence-corrected chi connectivity index (χ1v) is 7.53. The molecule has 0 amide bonds. The Bertz CT molecular complexity index is 400. The number of rotatable bonds is 4. The van der Waals surface area contributed by atoms with Crippen LogP contribution in [0.5, 0.6) is 0 Å². The van der Waals surface area contributed by atoms with Crippen LogP contribution in [0.4, 0.5) is 0 Å². The van der Waals surface area contributed by atoms with Gasteiger partial charge in [0.05, 0.1) is 0 Å². The van der Waals surface area contributed by atoms with Crippen molar-refractivity contribution in [3.8, 4) is 0 Å². The Morgan fingerprint density at radius 2 is 1.83 bits per heavy atom. The van der Waals surface area contributed by atoms with Gasteiger partial charge in [-0.05, 0) is 62.1 Å². The van der Waals surface area contributed by atoms with Crippen LogP contribution in [0.1, 0.15) is 36.8 Å². The topological polar surface area (TPSA) is 12.0 Å². The van der Waals surface area contributed by atoms with Gasteiger partial charge in [-0.15, -0.1) is 0 Å². The fourth-order valence-electron chi connectivity index (χ4n) is 4.15. The zero-order valence-corrected chi connectivity index (χ0v) is 11.7. The van der Waals surface area contributed by atoms with E-state index in [0.717, 1.165) is 17.8 Å². The molecular weight excluding hydrogens is 218 g/mol. The Labute approximate surface area is 111 Å². The van der Waals surface area contributed by atoms with Gasteiger partial charge < -0.3 is 5.32 Å². The summed E-state index contributed by atoms with van der Waals surface area (Å²) >= 11 is 0. The van der Waals surface area contributed by atoms with Crippen molar-refractivity contribution in [1.82, 2.24) is 5.32 Å². The molecule has 3 unspecified atom stereocenters. The summed E-state index contributed by atoms with van der Waals surface area (Å²) < 4.78 is 0. The predicted octanol–water partition coefficient (Wildman–Crippen LogP) is 3.56. The standard InChI is InChI=1S/C17H25N/c1-12-7-3-4-8-13(12)11-16(18-2)17-14-9-5-6-10-15(14)17/h3-4,7-8,14-18H,5-6,9-11H2,1-2H3. The monoisotopic (exact) mass is 243 g/mol. The van der Waals surface area contributed by atoms with Crippen LogP contribution < -0.4 is 5.32 Å². The third-order valence-electron chi connectivity index (χ3n) is 5.26. The van der Waals surface area contributed by atoms with Gasteiger partial charge in [0.25, 0.3) is 0 Å². The van der Waals surface area contributed by atoms with Crippen LogP contribution in [0.3, 0.4) is 0 Å². The molecule has 0 bridgehead atoms. The fraction of sp³-hybridized carbons (Fsp3) is 0.647. The molecule has 3 atom stereocenters. The molecule has 2 fully saturated rings. The SMILES string of the molecule is CNC(Cc1ccccc1C)C1C2CCCCC21. The van der Waals surface area contributed by atoms with Gasteiger partial charge in [-0.1, -0.05) is 37.1 Å². The van der Waals surface area contributed by atoms with E-state index in [-0.39, 0.29) is 0 Å². The molecule has 3 rings (SSSR count).